The van der Waals surface area contributed by atoms with Crippen LogP contribution in [0.4, 0.5) is 0 Å². The molecule has 0 saturated carbocycles. The molecule has 3 rings (SSSR count). The van der Waals surface area contributed by atoms with Crippen molar-refractivity contribution in [1.29, 1.82) is 0 Å². The SMILES string of the molecule is CC1CCCC(C)N1C(=O)CN1CCCC1C(=O)OCc1ccccc1. The highest BCUT2D eigenvalue weighted by atomic mass is 16.5. The molecule has 5 heteroatoms. The van der Waals surface area contributed by atoms with Crippen molar-refractivity contribution in [3.05, 3.63) is 35.9 Å². The van der Waals surface area contributed by atoms with Crippen molar-refractivity contribution in [1.82, 2.24) is 9.80 Å². The van der Waals surface area contributed by atoms with E-state index in [0.29, 0.717) is 6.54 Å². The molecule has 26 heavy (non-hydrogen) atoms. The van der Waals surface area contributed by atoms with E-state index in [0.717, 1.165) is 37.8 Å². The summed E-state index contributed by atoms with van der Waals surface area (Å²) in [6.45, 7) is 5.65. The van der Waals surface area contributed by atoms with Gasteiger partial charge in [-0.1, -0.05) is 30.3 Å². The molecule has 3 unspecified atom stereocenters. The molecule has 0 bridgehead atoms. The molecule has 0 spiro atoms. The van der Waals surface area contributed by atoms with Crippen LogP contribution in [0.15, 0.2) is 30.3 Å². The average Bonchev–Trinajstić information content (AvgIpc) is 3.08. The summed E-state index contributed by atoms with van der Waals surface area (Å²) in [6, 6.07) is 9.99. The van der Waals surface area contributed by atoms with Gasteiger partial charge in [-0.15, -0.1) is 0 Å². The third-order valence-electron chi connectivity index (χ3n) is 5.68. The average molecular weight is 358 g/mol. The number of piperidine rings is 1. The number of carbonyl (C=O) groups is 2. The molecule has 2 aliphatic heterocycles. The van der Waals surface area contributed by atoms with Crippen LogP contribution in [-0.2, 0) is 20.9 Å². The van der Waals surface area contributed by atoms with Gasteiger partial charge in [-0.2, -0.15) is 0 Å². The Labute approximate surface area is 156 Å². The number of hydrogen-bond acceptors (Lipinski definition) is 4. The van der Waals surface area contributed by atoms with Gasteiger partial charge in [0.1, 0.15) is 12.6 Å². The zero-order chi connectivity index (χ0) is 18.5. The van der Waals surface area contributed by atoms with E-state index in [1.54, 1.807) is 0 Å². The van der Waals surface area contributed by atoms with E-state index in [4.69, 9.17) is 4.74 Å². The highest BCUT2D eigenvalue weighted by Gasteiger charge is 2.36. The van der Waals surface area contributed by atoms with Crippen LogP contribution in [0, 0.1) is 0 Å². The van der Waals surface area contributed by atoms with Crippen LogP contribution in [0.5, 0.6) is 0 Å². The molecule has 2 saturated heterocycles. The predicted molar refractivity (Wildman–Crippen MR) is 100 cm³/mol. The van der Waals surface area contributed by atoms with Crippen molar-refractivity contribution in [2.45, 2.75) is 70.7 Å². The highest BCUT2D eigenvalue weighted by molar-refractivity contribution is 5.81. The molecule has 5 nitrogen and oxygen atoms in total. The first-order valence-electron chi connectivity index (χ1n) is 9.82. The Morgan fingerprint density at radius 1 is 1.04 bits per heavy atom. The van der Waals surface area contributed by atoms with Crippen LogP contribution in [0.3, 0.4) is 0 Å². The summed E-state index contributed by atoms with van der Waals surface area (Å²) in [4.78, 5) is 29.4. The monoisotopic (exact) mass is 358 g/mol. The Hall–Kier alpha value is -1.88. The van der Waals surface area contributed by atoms with Crippen LogP contribution < -0.4 is 0 Å². The zero-order valence-electron chi connectivity index (χ0n) is 15.9. The van der Waals surface area contributed by atoms with Crippen molar-refractivity contribution in [3.8, 4) is 0 Å². The predicted octanol–water partition coefficient (Wildman–Crippen LogP) is 2.98. The molecule has 2 aliphatic rings. The molecule has 2 fully saturated rings. The third-order valence-corrected chi connectivity index (χ3v) is 5.68. The number of amides is 1. The smallest absolute Gasteiger partial charge is 0.323 e. The zero-order valence-corrected chi connectivity index (χ0v) is 15.9. The van der Waals surface area contributed by atoms with Crippen LogP contribution in [0.1, 0.15) is 51.5 Å². The van der Waals surface area contributed by atoms with Gasteiger partial charge in [-0.25, -0.2) is 0 Å². The summed E-state index contributed by atoms with van der Waals surface area (Å²) in [6.07, 6.45) is 5.02. The summed E-state index contributed by atoms with van der Waals surface area (Å²) < 4.78 is 5.51. The maximum Gasteiger partial charge on any atom is 0.323 e. The van der Waals surface area contributed by atoms with E-state index >= 15 is 0 Å². The summed E-state index contributed by atoms with van der Waals surface area (Å²) in [7, 11) is 0. The summed E-state index contributed by atoms with van der Waals surface area (Å²) >= 11 is 0. The maximum absolute atomic E-state index is 12.9. The quantitative estimate of drug-likeness (QED) is 0.760. The number of benzene rings is 1. The van der Waals surface area contributed by atoms with Gasteiger partial charge in [0.15, 0.2) is 0 Å². The van der Waals surface area contributed by atoms with Gasteiger partial charge in [-0.05, 0) is 58.1 Å². The van der Waals surface area contributed by atoms with Crippen molar-refractivity contribution >= 4 is 11.9 Å². The molecule has 0 aromatic heterocycles. The molecule has 2 heterocycles. The van der Waals surface area contributed by atoms with Crippen molar-refractivity contribution in [3.63, 3.8) is 0 Å². The van der Waals surface area contributed by atoms with E-state index in [1.165, 1.54) is 6.42 Å². The van der Waals surface area contributed by atoms with Crippen molar-refractivity contribution < 1.29 is 14.3 Å². The second-order valence-electron chi connectivity index (χ2n) is 7.65. The molecule has 0 N–H and O–H groups in total. The van der Waals surface area contributed by atoms with Gasteiger partial charge in [0.05, 0.1) is 6.54 Å². The van der Waals surface area contributed by atoms with Crippen LogP contribution >= 0.6 is 0 Å². The number of carbonyl (C=O) groups excluding carboxylic acids is 2. The number of rotatable bonds is 5. The molecule has 0 radical (unpaired) electrons. The first-order valence-corrected chi connectivity index (χ1v) is 9.82. The maximum atomic E-state index is 12.9. The second kappa shape index (κ2) is 8.67. The Kier molecular flexibility index (Phi) is 6.30. The van der Waals surface area contributed by atoms with E-state index in [9.17, 15) is 9.59 Å². The number of hydrogen-bond donors (Lipinski definition) is 0. The number of nitrogens with zero attached hydrogens (tertiary/aromatic N) is 2. The first kappa shape index (κ1) is 18.9. The van der Waals surface area contributed by atoms with Gasteiger partial charge < -0.3 is 9.64 Å². The van der Waals surface area contributed by atoms with Gasteiger partial charge in [0.2, 0.25) is 5.91 Å². The lowest BCUT2D eigenvalue weighted by molar-refractivity contribution is -0.151. The van der Waals surface area contributed by atoms with E-state index in [-0.39, 0.29) is 36.6 Å². The number of likely N-dealkylation sites (tertiary alicyclic amines) is 2. The molecular formula is C21H30N2O3. The molecule has 1 aromatic rings. The summed E-state index contributed by atoms with van der Waals surface area (Å²) in [5.74, 6) is -0.0636. The Morgan fingerprint density at radius 2 is 1.73 bits per heavy atom. The first-order chi connectivity index (χ1) is 12.6. The number of esters is 1. The van der Waals surface area contributed by atoms with E-state index < -0.39 is 0 Å². The standard InChI is InChI=1S/C21H30N2O3/c1-16-8-6-9-17(2)23(16)20(24)14-22-13-7-12-19(22)21(25)26-15-18-10-4-3-5-11-18/h3-5,10-11,16-17,19H,6-9,12-15H2,1-2H3. The fourth-order valence-corrected chi connectivity index (χ4v) is 4.28. The molecule has 1 aromatic carbocycles. The molecule has 3 atom stereocenters. The molecular weight excluding hydrogens is 328 g/mol. The molecule has 1 amide bonds. The Balaban J connectivity index is 1.55. The van der Waals surface area contributed by atoms with Crippen molar-refractivity contribution in [2.24, 2.45) is 0 Å². The second-order valence-corrected chi connectivity index (χ2v) is 7.65. The lowest BCUT2D eigenvalue weighted by Gasteiger charge is -2.40. The van der Waals surface area contributed by atoms with Crippen LogP contribution in [0.25, 0.3) is 0 Å². The summed E-state index contributed by atoms with van der Waals surface area (Å²) in [5, 5.41) is 0. The number of ether oxygens (including phenoxy) is 1. The Bertz CT molecular complexity index is 609. The molecule has 142 valence electrons. The normalized spacial score (nSPS) is 26.7. The largest absolute Gasteiger partial charge is 0.460 e. The van der Waals surface area contributed by atoms with Gasteiger partial charge >= 0.3 is 5.97 Å². The lowest BCUT2D eigenvalue weighted by atomic mass is 9.97. The van der Waals surface area contributed by atoms with Crippen LogP contribution in [0.2, 0.25) is 0 Å². The van der Waals surface area contributed by atoms with E-state index in [1.807, 2.05) is 40.1 Å². The minimum absolute atomic E-state index is 0.146. The lowest BCUT2D eigenvalue weighted by Crippen LogP contribution is -2.52. The van der Waals surface area contributed by atoms with Crippen LogP contribution in [-0.4, -0.2) is 52.9 Å². The molecule has 0 aliphatic carbocycles. The fraction of sp³-hybridized carbons (Fsp3) is 0.619. The van der Waals surface area contributed by atoms with E-state index in [2.05, 4.69) is 13.8 Å². The topological polar surface area (TPSA) is 49.9 Å². The van der Waals surface area contributed by atoms with Gasteiger partial charge in [0.25, 0.3) is 0 Å². The minimum atomic E-state index is -0.293. The highest BCUT2D eigenvalue weighted by Crippen LogP contribution is 2.24. The van der Waals surface area contributed by atoms with Gasteiger partial charge in [-0.3, -0.25) is 14.5 Å². The summed E-state index contributed by atoms with van der Waals surface area (Å²) in [5.41, 5.74) is 0.984. The van der Waals surface area contributed by atoms with Crippen molar-refractivity contribution in [2.75, 3.05) is 13.1 Å². The third kappa shape index (κ3) is 4.44. The van der Waals surface area contributed by atoms with Gasteiger partial charge in [0, 0.05) is 12.1 Å². The fourth-order valence-electron chi connectivity index (χ4n) is 4.28. The Morgan fingerprint density at radius 3 is 2.42 bits per heavy atom. The minimum Gasteiger partial charge on any atom is -0.460 e.